The van der Waals surface area contributed by atoms with Crippen LogP contribution in [0.5, 0.6) is 0 Å². The smallest absolute Gasteiger partial charge is 0.326 e. The predicted octanol–water partition coefficient (Wildman–Crippen LogP) is 1.83. The fraction of sp³-hybridized carbons (Fsp3) is 0.538. The molecule has 20 heavy (non-hydrogen) atoms. The first kappa shape index (κ1) is 14.5. The Morgan fingerprint density at radius 2 is 2.15 bits per heavy atom. The highest BCUT2D eigenvalue weighted by molar-refractivity contribution is 5.95. The molecule has 1 atom stereocenters. The van der Waals surface area contributed by atoms with E-state index in [4.69, 9.17) is 5.11 Å². The third-order valence-corrected chi connectivity index (χ3v) is 3.43. The minimum absolute atomic E-state index is 0.110. The van der Waals surface area contributed by atoms with Crippen molar-refractivity contribution in [3.8, 4) is 0 Å². The van der Waals surface area contributed by atoms with Crippen molar-refractivity contribution in [2.45, 2.75) is 38.3 Å². The summed E-state index contributed by atoms with van der Waals surface area (Å²) in [6.45, 7) is -0.227. The molecule has 0 saturated carbocycles. The van der Waals surface area contributed by atoms with Gasteiger partial charge >= 0.3 is 5.97 Å². The zero-order chi connectivity index (χ0) is 14.7. The molecule has 1 aliphatic rings. The molecule has 2 heterocycles. The van der Waals surface area contributed by atoms with E-state index in [1.165, 1.54) is 27.8 Å². The second-order valence-corrected chi connectivity index (χ2v) is 4.79. The van der Waals surface area contributed by atoms with E-state index in [9.17, 15) is 18.4 Å². The van der Waals surface area contributed by atoms with Crippen molar-refractivity contribution in [2.75, 3.05) is 6.54 Å². The summed E-state index contributed by atoms with van der Waals surface area (Å²) in [7, 11) is 0. The molecule has 0 aromatic carbocycles. The summed E-state index contributed by atoms with van der Waals surface area (Å²) >= 11 is 0. The number of carbonyl (C=O) groups excluding carboxylic acids is 1. The summed E-state index contributed by atoms with van der Waals surface area (Å²) in [6.07, 6.45) is 0.713. The lowest BCUT2D eigenvalue weighted by molar-refractivity contribution is -0.143. The summed E-state index contributed by atoms with van der Waals surface area (Å²) in [5.74, 6) is -1.55. The minimum Gasteiger partial charge on any atom is -0.480 e. The number of carboxylic acids is 1. The standard InChI is InChI=1S/C13H16F2N2O3/c14-11(15)8-16-6-3-5-9(16)12(18)17-7-2-1-4-10(17)13(19)20/h3,5-6,10-11H,1-2,4,7-8H2,(H,19,20)/t10-/m1/s1. The second kappa shape index (κ2) is 6.02. The maximum absolute atomic E-state index is 12.4. The normalized spacial score (nSPS) is 19.4. The van der Waals surface area contributed by atoms with E-state index in [1.807, 2.05) is 0 Å². The summed E-state index contributed by atoms with van der Waals surface area (Å²) in [4.78, 5) is 24.8. The first-order valence-electron chi connectivity index (χ1n) is 6.47. The molecule has 0 unspecified atom stereocenters. The minimum atomic E-state index is -2.56. The van der Waals surface area contributed by atoms with Gasteiger partial charge in [0, 0.05) is 12.7 Å². The van der Waals surface area contributed by atoms with Gasteiger partial charge < -0.3 is 14.6 Å². The Bertz CT molecular complexity index is 502. The van der Waals surface area contributed by atoms with Gasteiger partial charge in [-0.2, -0.15) is 0 Å². The van der Waals surface area contributed by atoms with Gasteiger partial charge in [-0.25, -0.2) is 13.6 Å². The van der Waals surface area contributed by atoms with Gasteiger partial charge in [-0.15, -0.1) is 0 Å². The molecule has 0 bridgehead atoms. The highest BCUT2D eigenvalue weighted by atomic mass is 19.3. The molecular weight excluding hydrogens is 270 g/mol. The summed E-state index contributed by atoms with van der Waals surface area (Å²) in [5.41, 5.74) is 0.110. The van der Waals surface area contributed by atoms with Crippen molar-refractivity contribution in [1.82, 2.24) is 9.47 Å². The number of aliphatic carboxylic acids is 1. The number of alkyl halides is 2. The average Bonchev–Trinajstić information content (AvgIpc) is 2.85. The summed E-state index contributed by atoms with van der Waals surface area (Å²) < 4.78 is 26.1. The van der Waals surface area contributed by atoms with E-state index in [0.717, 1.165) is 12.8 Å². The van der Waals surface area contributed by atoms with E-state index in [1.54, 1.807) is 0 Å². The molecule has 7 heteroatoms. The number of nitrogens with zero attached hydrogens (tertiary/aromatic N) is 2. The van der Waals surface area contributed by atoms with Crippen LogP contribution in [0.1, 0.15) is 29.8 Å². The number of hydrogen-bond acceptors (Lipinski definition) is 2. The SMILES string of the molecule is O=C(O)[C@H]1CCCCN1C(=O)c1cccn1CC(F)F. The maximum Gasteiger partial charge on any atom is 0.326 e. The lowest BCUT2D eigenvalue weighted by Crippen LogP contribution is -2.48. The Morgan fingerprint density at radius 3 is 2.80 bits per heavy atom. The Hall–Kier alpha value is -1.92. The molecule has 1 aromatic rings. The third-order valence-electron chi connectivity index (χ3n) is 3.43. The van der Waals surface area contributed by atoms with Crippen LogP contribution < -0.4 is 0 Å². The Morgan fingerprint density at radius 1 is 1.40 bits per heavy atom. The molecular formula is C13H16F2N2O3. The molecule has 1 fully saturated rings. The molecule has 0 aliphatic carbocycles. The summed E-state index contributed by atoms with van der Waals surface area (Å²) in [6, 6.07) is 2.08. The van der Waals surface area contributed by atoms with E-state index in [-0.39, 0.29) is 5.69 Å². The van der Waals surface area contributed by atoms with E-state index >= 15 is 0 Å². The number of rotatable bonds is 4. The molecule has 1 amide bonds. The predicted molar refractivity (Wildman–Crippen MR) is 66.7 cm³/mol. The van der Waals surface area contributed by atoms with Gasteiger partial charge in [0.15, 0.2) is 0 Å². The Balaban J connectivity index is 2.21. The van der Waals surface area contributed by atoms with Crippen LogP contribution in [0.3, 0.4) is 0 Å². The fourth-order valence-electron chi connectivity index (χ4n) is 2.49. The molecule has 1 aromatic heterocycles. The molecule has 2 rings (SSSR count). The fourth-order valence-corrected chi connectivity index (χ4v) is 2.49. The van der Waals surface area contributed by atoms with Gasteiger partial charge in [0.1, 0.15) is 11.7 Å². The second-order valence-electron chi connectivity index (χ2n) is 4.79. The lowest BCUT2D eigenvalue weighted by atomic mass is 10.0. The molecule has 0 spiro atoms. The van der Waals surface area contributed by atoms with Crippen LogP contribution in [-0.2, 0) is 11.3 Å². The number of halogens is 2. The zero-order valence-electron chi connectivity index (χ0n) is 10.8. The summed E-state index contributed by atoms with van der Waals surface area (Å²) in [5, 5.41) is 9.15. The molecule has 5 nitrogen and oxygen atoms in total. The van der Waals surface area contributed by atoms with Crippen molar-refractivity contribution in [2.24, 2.45) is 0 Å². The average molecular weight is 286 g/mol. The molecule has 1 N–H and O–H groups in total. The quantitative estimate of drug-likeness (QED) is 0.918. The first-order chi connectivity index (χ1) is 9.50. The number of aromatic nitrogens is 1. The van der Waals surface area contributed by atoms with Crippen LogP contribution in [0, 0.1) is 0 Å². The largest absolute Gasteiger partial charge is 0.480 e. The van der Waals surface area contributed by atoms with Gasteiger partial charge in [0.05, 0.1) is 6.54 Å². The van der Waals surface area contributed by atoms with Crippen LogP contribution >= 0.6 is 0 Å². The number of likely N-dealkylation sites (tertiary alicyclic amines) is 1. The van der Waals surface area contributed by atoms with Crippen molar-refractivity contribution >= 4 is 11.9 Å². The zero-order valence-corrected chi connectivity index (χ0v) is 10.8. The van der Waals surface area contributed by atoms with Crippen LogP contribution in [-0.4, -0.2) is 45.5 Å². The van der Waals surface area contributed by atoms with Crippen molar-refractivity contribution in [3.05, 3.63) is 24.0 Å². The maximum atomic E-state index is 12.4. The van der Waals surface area contributed by atoms with Crippen molar-refractivity contribution in [1.29, 1.82) is 0 Å². The number of hydrogen-bond donors (Lipinski definition) is 1. The molecule has 110 valence electrons. The van der Waals surface area contributed by atoms with E-state index in [2.05, 4.69) is 0 Å². The van der Waals surface area contributed by atoms with Crippen LogP contribution in [0.2, 0.25) is 0 Å². The van der Waals surface area contributed by atoms with E-state index < -0.39 is 30.9 Å². The van der Waals surface area contributed by atoms with Crippen molar-refractivity contribution < 1.29 is 23.5 Å². The molecule has 0 radical (unpaired) electrons. The lowest BCUT2D eigenvalue weighted by Gasteiger charge is -2.33. The van der Waals surface area contributed by atoms with Gasteiger partial charge in [-0.1, -0.05) is 0 Å². The van der Waals surface area contributed by atoms with Crippen LogP contribution in [0.15, 0.2) is 18.3 Å². The van der Waals surface area contributed by atoms with E-state index in [0.29, 0.717) is 13.0 Å². The van der Waals surface area contributed by atoms with Gasteiger partial charge in [0.2, 0.25) is 0 Å². The van der Waals surface area contributed by atoms with Crippen molar-refractivity contribution in [3.63, 3.8) is 0 Å². The number of piperidine rings is 1. The third kappa shape index (κ3) is 2.97. The molecule has 1 aliphatic heterocycles. The highest BCUT2D eigenvalue weighted by Gasteiger charge is 2.33. The monoisotopic (exact) mass is 286 g/mol. The van der Waals surface area contributed by atoms with Crippen LogP contribution in [0.25, 0.3) is 0 Å². The topological polar surface area (TPSA) is 62.5 Å². The Kier molecular flexibility index (Phi) is 4.36. The van der Waals surface area contributed by atoms with Gasteiger partial charge in [0.25, 0.3) is 12.3 Å². The molecule has 1 saturated heterocycles. The van der Waals surface area contributed by atoms with Crippen LogP contribution in [0.4, 0.5) is 8.78 Å². The Labute approximate surface area is 114 Å². The number of carbonyl (C=O) groups is 2. The first-order valence-corrected chi connectivity index (χ1v) is 6.47. The van der Waals surface area contributed by atoms with Gasteiger partial charge in [-0.3, -0.25) is 4.79 Å². The number of amides is 1. The highest BCUT2D eigenvalue weighted by Crippen LogP contribution is 2.20. The number of carboxylic acid groups (broad SMARTS) is 1. The van der Waals surface area contributed by atoms with Gasteiger partial charge in [-0.05, 0) is 31.4 Å².